The van der Waals surface area contributed by atoms with Crippen molar-refractivity contribution >= 4 is 12.0 Å². The van der Waals surface area contributed by atoms with Gasteiger partial charge in [-0.15, -0.1) is 0 Å². The number of hydrogen-bond donors (Lipinski definition) is 0. The third kappa shape index (κ3) is 3.53. The number of hydrogen-bond acceptors (Lipinski definition) is 4. The molecular weight excluding hydrogens is 146 g/mol. The van der Waals surface area contributed by atoms with E-state index in [0.29, 0.717) is 6.42 Å². The highest BCUT2D eigenvalue weighted by atomic mass is 16.5. The summed E-state index contributed by atoms with van der Waals surface area (Å²) in [5.74, 6) is -0.477. The minimum Gasteiger partial charge on any atom is -0.467 e. The number of ether oxygens (including phenoxy) is 1. The number of isocyanates is 1. The molecule has 0 heterocycles. The Bertz CT molecular complexity index is 173. The predicted octanol–water partition coefficient (Wildman–Crippen LogP) is 0.664. The van der Waals surface area contributed by atoms with Gasteiger partial charge in [-0.1, -0.05) is 13.3 Å². The molecular formula is C7H11NO3. The Balaban J connectivity index is 4.08. The van der Waals surface area contributed by atoms with Crippen LogP contribution in [0.3, 0.4) is 0 Å². The molecule has 0 aliphatic rings. The lowest BCUT2D eigenvalue weighted by molar-refractivity contribution is -0.142. The van der Waals surface area contributed by atoms with E-state index >= 15 is 0 Å². The van der Waals surface area contributed by atoms with Crippen LogP contribution in [0, 0.1) is 0 Å². The van der Waals surface area contributed by atoms with Gasteiger partial charge in [0, 0.05) is 0 Å². The summed E-state index contributed by atoms with van der Waals surface area (Å²) in [5, 5.41) is 0. The molecule has 0 fully saturated rings. The Labute approximate surface area is 65.3 Å². The van der Waals surface area contributed by atoms with Crippen LogP contribution in [0.15, 0.2) is 4.99 Å². The molecule has 0 bridgehead atoms. The minimum atomic E-state index is -0.664. The molecule has 0 saturated carbocycles. The summed E-state index contributed by atoms with van der Waals surface area (Å²) in [5.41, 5.74) is 0. The molecule has 0 amide bonds. The van der Waals surface area contributed by atoms with Crippen LogP contribution in [0.25, 0.3) is 0 Å². The van der Waals surface area contributed by atoms with Crippen molar-refractivity contribution < 1.29 is 14.3 Å². The Morgan fingerprint density at radius 1 is 1.73 bits per heavy atom. The van der Waals surface area contributed by atoms with E-state index in [1.54, 1.807) is 0 Å². The predicted molar refractivity (Wildman–Crippen MR) is 38.8 cm³/mol. The lowest BCUT2D eigenvalue weighted by Crippen LogP contribution is -2.19. The van der Waals surface area contributed by atoms with E-state index in [0.717, 1.165) is 6.42 Å². The zero-order chi connectivity index (χ0) is 8.69. The molecule has 0 aromatic carbocycles. The zero-order valence-electron chi connectivity index (χ0n) is 6.66. The normalized spacial score (nSPS) is 11.5. The van der Waals surface area contributed by atoms with Gasteiger partial charge in [0.15, 0.2) is 6.04 Å². The van der Waals surface area contributed by atoms with E-state index in [-0.39, 0.29) is 0 Å². The molecule has 62 valence electrons. The molecule has 0 spiro atoms. The molecule has 0 saturated heterocycles. The van der Waals surface area contributed by atoms with Crippen LogP contribution in [0.4, 0.5) is 0 Å². The van der Waals surface area contributed by atoms with Gasteiger partial charge < -0.3 is 4.74 Å². The molecule has 0 aliphatic carbocycles. The SMILES string of the molecule is CCC[C@H](N=C=O)C(=O)OC. The zero-order valence-corrected chi connectivity index (χ0v) is 6.66. The summed E-state index contributed by atoms with van der Waals surface area (Å²) in [7, 11) is 1.27. The van der Waals surface area contributed by atoms with Crippen LogP contribution in [0.2, 0.25) is 0 Å². The summed E-state index contributed by atoms with van der Waals surface area (Å²) in [4.78, 5) is 23.9. The molecule has 0 aliphatic heterocycles. The van der Waals surface area contributed by atoms with Gasteiger partial charge in [-0.05, 0) is 6.42 Å². The van der Waals surface area contributed by atoms with E-state index in [1.807, 2.05) is 6.92 Å². The molecule has 11 heavy (non-hydrogen) atoms. The molecule has 4 heteroatoms. The number of aliphatic imine (C=N–C) groups is 1. The van der Waals surface area contributed by atoms with Crippen molar-refractivity contribution in [2.24, 2.45) is 4.99 Å². The molecule has 0 unspecified atom stereocenters. The largest absolute Gasteiger partial charge is 0.467 e. The maximum Gasteiger partial charge on any atom is 0.331 e. The fourth-order valence-corrected chi connectivity index (χ4v) is 0.708. The van der Waals surface area contributed by atoms with E-state index in [4.69, 9.17) is 0 Å². The van der Waals surface area contributed by atoms with Crippen molar-refractivity contribution in [2.45, 2.75) is 25.8 Å². The first kappa shape index (κ1) is 9.85. The lowest BCUT2D eigenvalue weighted by atomic mass is 10.2. The van der Waals surface area contributed by atoms with Gasteiger partial charge in [-0.3, -0.25) is 0 Å². The maximum absolute atomic E-state index is 10.8. The van der Waals surface area contributed by atoms with Crippen molar-refractivity contribution in [3.05, 3.63) is 0 Å². The van der Waals surface area contributed by atoms with Crippen molar-refractivity contribution in [2.75, 3.05) is 7.11 Å². The monoisotopic (exact) mass is 157 g/mol. The maximum atomic E-state index is 10.8. The average molecular weight is 157 g/mol. The van der Waals surface area contributed by atoms with E-state index in [9.17, 15) is 9.59 Å². The molecule has 0 N–H and O–H groups in total. The van der Waals surface area contributed by atoms with Crippen LogP contribution in [-0.4, -0.2) is 25.2 Å². The van der Waals surface area contributed by atoms with Gasteiger partial charge in [0.1, 0.15) is 0 Å². The molecule has 1 atom stereocenters. The molecule has 4 nitrogen and oxygen atoms in total. The lowest BCUT2D eigenvalue weighted by Gasteiger charge is -2.04. The van der Waals surface area contributed by atoms with Crippen LogP contribution >= 0.6 is 0 Å². The molecule has 0 aromatic heterocycles. The number of nitrogens with zero attached hydrogens (tertiary/aromatic N) is 1. The highest BCUT2D eigenvalue weighted by Gasteiger charge is 2.15. The van der Waals surface area contributed by atoms with E-state index in [2.05, 4.69) is 9.73 Å². The van der Waals surface area contributed by atoms with Crippen LogP contribution in [0.5, 0.6) is 0 Å². The van der Waals surface area contributed by atoms with Crippen molar-refractivity contribution in [1.29, 1.82) is 0 Å². The number of rotatable bonds is 4. The highest BCUT2D eigenvalue weighted by molar-refractivity contribution is 5.76. The van der Waals surface area contributed by atoms with Crippen LogP contribution < -0.4 is 0 Å². The van der Waals surface area contributed by atoms with Gasteiger partial charge in [0.25, 0.3) is 0 Å². The van der Waals surface area contributed by atoms with Crippen molar-refractivity contribution in [3.8, 4) is 0 Å². The number of methoxy groups -OCH3 is 1. The summed E-state index contributed by atoms with van der Waals surface area (Å²) in [6, 6.07) is -0.664. The van der Waals surface area contributed by atoms with Gasteiger partial charge in [0.05, 0.1) is 7.11 Å². The quantitative estimate of drug-likeness (QED) is 0.342. The summed E-state index contributed by atoms with van der Waals surface area (Å²) in [6.07, 6.45) is 2.65. The van der Waals surface area contributed by atoms with E-state index in [1.165, 1.54) is 13.2 Å². The Hall–Kier alpha value is -1.15. The summed E-state index contributed by atoms with van der Waals surface area (Å²) >= 11 is 0. The Morgan fingerprint density at radius 3 is 2.73 bits per heavy atom. The topological polar surface area (TPSA) is 55.7 Å². The van der Waals surface area contributed by atoms with Crippen LogP contribution in [0.1, 0.15) is 19.8 Å². The first-order valence-corrected chi connectivity index (χ1v) is 3.41. The summed E-state index contributed by atoms with van der Waals surface area (Å²) in [6.45, 7) is 1.90. The van der Waals surface area contributed by atoms with E-state index < -0.39 is 12.0 Å². The second-order valence-electron chi connectivity index (χ2n) is 2.05. The van der Waals surface area contributed by atoms with Crippen molar-refractivity contribution in [3.63, 3.8) is 0 Å². The first-order chi connectivity index (χ1) is 5.26. The van der Waals surface area contributed by atoms with Crippen molar-refractivity contribution in [1.82, 2.24) is 0 Å². The first-order valence-electron chi connectivity index (χ1n) is 3.41. The smallest absolute Gasteiger partial charge is 0.331 e. The fraction of sp³-hybridized carbons (Fsp3) is 0.714. The number of carbonyl (C=O) groups is 1. The fourth-order valence-electron chi connectivity index (χ4n) is 0.708. The second-order valence-corrected chi connectivity index (χ2v) is 2.05. The highest BCUT2D eigenvalue weighted by Crippen LogP contribution is 2.02. The van der Waals surface area contributed by atoms with Gasteiger partial charge in [0.2, 0.25) is 6.08 Å². The van der Waals surface area contributed by atoms with Gasteiger partial charge in [-0.2, -0.15) is 4.99 Å². The third-order valence-corrected chi connectivity index (χ3v) is 1.24. The number of carbonyl (C=O) groups excluding carboxylic acids is 2. The Morgan fingerprint density at radius 2 is 2.36 bits per heavy atom. The summed E-state index contributed by atoms with van der Waals surface area (Å²) < 4.78 is 4.41. The standard InChI is InChI=1S/C7H11NO3/c1-3-4-6(8-5-9)7(10)11-2/h6H,3-4H2,1-2H3/t6-/m0/s1. The van der Waals surface area contributed by atoms with Gasteiger partial charge >= 0.3 is 5.97 Å². The Kier molecular flexibility index (Phi) is 5.03. The number of esters is 1. The average Bonchev–Trinajstić information content (AvgIpc) is 2.03. The molecule has 0 aromatic rings. The third-order valence-electron chi connectivity index (χ3n) is 1.24. The van der Waals surface area contributed by atoms with Crippen LogP contribution in [-0.2, 0) is 14.3 Å². The van der Waals surface area contributed by atoms with Gasteiger partial charge in [-0.25, -0.2) is 9.59 Å². The molecule has 0 rings (SSSR count). The molecule has 0 radical (unpaired) electrons. The minimum absolute atomic E-state index is 0.477. The second kappa shape index (κ2) is 5.62.